The average molecular weight is 520 g/mol. The highest BCUT2D eigenvalue weighted by Crippen LogP contribution is 2.43. The van der Waals surface area contributed by atoms with Crippen LogP contribution in [0.3, 0.4) is 0 Å². The van der Waals surface area contributed by atoms with Crippen molar-refractivity contribution >= 4 is 11.5 Å². The third kappa shape index (κ3) is 4.46. The first-order valence-corrected chi connectivity index (χ1v) is 12.3. The van der Waals surface area contributed by atoms with Gasteiger partial charge in [0.1, 0.15) is 12.2 Å². The van der Waals surface area contributed by atoms with Crippen LogP contribution in [0.1, 0.15) is 48.3 Å². The minimum atomic E-state index is -4.49. The lowest BCUT2D eigenvalue weighted by molar-refractivity contribution is -0.140. The first-order valence-electron chi connectivity index (χ1n) is 12.3. The molecule has 0 bridgehead atoms. The molecule has 1 aliphatic carbocycles. The second-order valence-corrected chi connectivity index (χ2v) is 9.30. The summed E-state index contributed by atoms with van der Waals surface area (Å²) in [5.74, 6) is 1.76. The lowest BCUT2D eigenvalue weighted by atomic mass is 10.1. The summed E-state index contributed by atoms with van der Waals surface area (Å²) in [5, 5.41) is 8.06. The van der Waals surface area contributed by atoms with Gasteiger partial charge in [0.2, 0.25) is 0 Å². The molecule has 6 rings (SSSR count). The van der Waals surface area contributed by atoms with Gasteiger partial charge in [-0.25, -0.2) is 29.4 Å². The number of alkyl halides is 3. The lowest BCUT2D eigenvalue weighted by Crippen LogP contribution is -2.10. The van der Waals surface area contributed by atoms with Gasteiger partial charge in [-0.3, -0.25) is 0 Å². The van der Waals surface area contributed by atoms with E-state index in [4.69, 9.17) is 10.1 Å². The molecule has 0 amide bonds. The quantitative estimate of drug-likeness (QED) is 0.321. The highest BCUT2D eigenvalue weighted by atomic mass is 19.4. The van der Waals surface area contributed by atoms with E-state index >= 15 is 0 Å². The molecule has 0 atom stereocenters. The predicted octanol–water partition coefficient (Wildman–Crippen LogP) is 5.05. The number of fused-ring (bicyclic) bond motifs is 1. The molecule has 5 aromatic rings. The molecule has 0 spiro atoms. The predicted molar refractivity (Wildman–Crippen MR) is 134 cm³/mol. The average Bonchev–Trinajstić information content (AvgIpc) is 3.51. The number of rotatable bonds is 7. The van der Waals surface area contributed by atoms with Crippen molar-refractivity contribution in [3.63, 3.8) is 0 Å². The Morgan fingerprint density at radius 1 is 1.05 bits per heavy atom. The van der Waals surface area contributed by atoms with Gasteiger partial charge in [-0.1, -0.05) is 31.2 Å². The van der Waals surface area contributed by atoms with Gasteiger partial charge in [-0.15, -0.1) is 5.10 Å². The monoisotopic (exact) mass is 519 g/mol. The van der Waals surface area contributed by atoms with Gasteiger partial charge in [-0.2, -0.15) is 13.2 Å². The Labute approximate surface area is 215 Å². The Morgan fingerprint density at radius 3 is 2.53 bits per heavy atom. The third-order valence-corrected chi connectivity index (χ3v) is 6.57. The number of benzene rings is 1. The smallest absolute Gasteiger partial charge is 0.363 e. The van der Waals surface area contributed by atoms with Gasteiger partial charge >= 0.3 is 6.18 Å². The van der Waals surface area contributed by atoms with Crippen molar-refractivity contribution in [1.29, 1.82) is 0 Å². The standard InChI is InChI=1S/C26H24F3N9/c1-3-18-20(21(16-8-9-16)33-14-32-18)22-35-23(25-30-10-11-38(25)36-22)31-12-15-4-6-17(7-5-15)24-34-19(13-37(24)2)26(27,28)29/h4-7,10-11,13-14,16H,3,8-9,12H2,1-2H3,(H,31,35,36). The van der Waals surface area contributed by atoms with E-state index in [2.05, 4.69) is 32.2 Å². The first kappa shape index (κ1) is 24.0. The fourth-order valence-electron chi connectivity index (χ4n) is 4.50. The lowest BCUT2D eigenvalue weighted by Gasteiger charge is -2.13. The Kier molecular flexibility index (Phi) is 5.81. The minimum Gasteiger partial charge on any atom is -0.363 e. The van der Waals surface area contributed by atoms with Gasteiger partial charge in [0.15, 0.2) is 23.0 Å². The zero-order valence-corrected chi connectivity index (χ0v) is 20.7. The van der Waals surface area contributed by atoms with E-state index in [9.17, 15) is 13.2 Å². The molecule has 1 saturated carbocycles. The molecule has 0 saturated heterocycles. The number of halogens is 3. The molecule has 38 heavy (non-hydrogen) atoms. The number of aryl methyl sites for hydroxylation is 2. The van der Waals surface area contributed by atoms with Gasteiger partial charge in [0.05, 0.1) is 17.0 Å². The zero-order valence-electron chi connectivity index (χ0n) is 20.7. The summed E-state index contributed by atoms with van der Waals surface area (Å²) >= 11 is 0. The molecule has 4 aromatic heterocycles. The molecule has 4 heterocycles. The third-order valence-electron chi connectivity index (χ3n) is 6.57. The van der Waals surface area contributed by atoms with Crippen molar-refractivity contribution in [2.45, 2.75) is 44.8 Å². The van der Waals surface area contributed by atoms with E-state index in [0.29, 0.717) is 35.3 Å². The summed E-state index contributed by atoms with van der Waals surface area (Å²) in [6.07, 6.45) is 4.48. The molecule has 194 valence electrons. The summed E-state index contributed by atoms with van der Waals surface area (Å²) in [6.45, 7) is 2.48. The van der Waals surface area contributed by atoms with E-state index in [0.717, 1.165) is 48.0 Å². The maximum Gasteiger partial charge on any atom is 0.434 e. The zero-order chi connectivity index (χ0) is 26.4. The van der Waals surface area contributed by atoms with Crippen LogP contribution in [0.2, 0.25) is 0 Å². The largest absolute Gasteiger partial charge is 0.434 e. The van der Waals surface area contributed by atoms with Crippen molar-refractivity contribution in [1.82, 2.24) is 39.1 Å². The summed E-state index contributed by atoms with van der Waals surface area (Å²) in [6, 6.07) is 7.21. The summed E-state index contributed by atoms with van der Waals surface area (Å²) < 4.78 is 42.2. The second-order valence-electron chi connectivity index (χ2n) is 9.30. The van der Waals surface area contributed by atoms with Crippen molar-refractivity contribution in [2.75, 3.05) is 5.32 Å². The van der Waals surface area contributed by atoms with Crippen molar-refractivity contribution < 1.29 is 13.2 Å². The molecule has 0 radical (unpaired) electrons. The van der Waals surface area contributed by atoms with Gasteiger partial charge in [0.25, 0.3) is 0 Å². The van der Waals surface area contributed by atoms with E-state index in [1.54, 1.807) is 42.4 Å². The summed E-state index contributed by atoms with van der Waals surface area (Å²) in [4.78, 5) is 22.1. The Morgan fingerprint density at radius 2 is 1.84 bits per heavy atom. The Bertz CT molecular complexity index is 1620. The second kappa shape index (κ2) is 9.19. The van der Waals surface area contributed by atoms with Crippen LogP contribution in [0.4, 0.5) is 19.0 Å². The molecule has 9 nitrogen and oxygen atoms in total. The van der Waals surface area contributed by atoms with Gasteiger partial charge in [0, 0.05) is 43.7 Å². The van der Waals surface area contributed by atoms with Crippen LogP contribution in [0, 0.1) is 0 Å². The van der Waals surface area contributed by atoms with Crippen LogP contribution in [0.25, 0.3) is 28.4 Å². The minimum absolute atomic E-state index is 0.250. The van der Waals surface area contributed by atoms with Crippen LogP contribution >= 0.6 is 0 Å². The van der Waals surface area contributed by atoms with Gasteiger partial charge < -0.3 is 9.88 Å². The molecule has 0 aliphatic heterocycles. The summed E-state index contributed by atoms with van der Waals surface area (Å²) in [5.41, 5.74) is 3.96. The van der Waals surface area contributed by atoms with Crippen molar-refractivity contribution in [2.24, 2.45) is 7.05 Å². The van der Waals surface area contributed by atoms with Crippen LogP contribution in [0.5, 0.6) is 0 Å². The maximum atomic E-state index is 13.0. The molecular formula is C26H24F3N9. The van der Waals surface area contributed by atoms with Crippen molar-refractivity contribution in [3.05, 3.63) is 71.8 Å². The topological polar surface area (TPSA) is 98.7 Å². The van der Waals surface area contributed by atoms with E-state index in [-0.39, 0.29) is 5.82 Å². The SMILES string of the molecule is CCc1ncnc(C2CC2)c1-c1nc(NCc2ccc(-c3nc(C(F)(F)F)cn3C)cc2)c2nccn2n1. The number of nitrogens with one attached hydrogen (secondary N) is 1. The van der Waals surface area contributed by atoms with Gasteiger partial charge in [-0.05, 0) is 24.8 Å². The van der Waals surface area contributed by atoms with Crippen LogP contribution < -0.4 is 5.32 Å². The number of aromatic nitrogens is 8. The highest BCUT2D eigenvalue weighted by Gasteiger charge is 2.34. The number of hydrogen-bond acceptors (Lipinski definition) is 7. The van der Waals surface area contributed by atoms with Crippen LogP contribution in [-0.4, -0.2) is 39.1 Å². The molecular weight excluding hydrogens is 495 g/mol. The summed E-state index contributed by atoms with van der Waals surface area (Å²) in [7, 11) is 1.55. The van der Waals surface area contributed by atoms with Crippen LogP contribution in [-0.2, 0) is 26.2 Å². The van der Waals surface area contributed by atoms with Crippen molar-refractivity contribution in [3.8, 4) is 22.8 Å². The molecule has 1 fully saturated rings. The molecule has 1 aliphatic rings. The number of imidazole rings is 2. The Hall–Kier alpha value is -4.35. The number of hydrogen-bond donors (Lipinski definition) is 1. The molecule has 12 heteroatoms. The fraction of sp³-hybridized carbons (Fsp3) is 0.308. The molecule has 1 aromatic carbocycles. The number of anilines is 1. The Balaban J connectivity index is 1.28. The van der Waals surface area contributed by atoms with E-state index in [1.807, 2.05) is 12.1 Å². The molecule has 0 unspecified atom stereocenters. The molecule has 1 N–H and O–H groups in total. The van der Waals surface area contributed by atoms with E-state index < -0.39 is 11.9 Å². The highest BCUT2D eigenvalue weighted by molar-refractivity contribution is 5.69. The van der Waals surface area contributed by atoms with E-state index in [1.165, 1.54) is 4.57 Å². The normalized spacial score (nSPS) is 13.8. The number of nitrogens with zero attached hydrogens (tertiary/aromatic N) is 8. The maximum absolute atomic E-state index is 13.0. The first-order chi connectivity index (χ1) is 18.3. The fourth-order valence-corrected chi connectivity index (χ4v) is 4.50. The van der Waals surface area contributed by atoms with Crippen LogP contribution in [0.15, 0.2) is 49.2 Å².